The number of hydrogen-bond acceptors (Lipinski definition) is 3. The van der Waals surface area contributed by atoms with Crippen molar-refractivity contribution in [3.05, 3.63) is 29.3 Å². The lowest BCUT2D eigenvalue weighted by atomic mass is 9.56. The number of hydrogen-bond donors (Lipinski definition) is 0. The Morgan fingerprint density at radius 1 is 1.04 bits per heavy atom. The minimum absolute atomic E-state index is 0.129. The predicted molar refractivity (Wildman–Crippen MR) is 103 cm³/mol. The number of rotatable bonds is 0. The molecule has 1 unspecified atom stereocenters. The second-order valence-corrected chi connectivity index (χ2v) is 9.08. The highest BCUT2D eigenvalue weighted by Gasteiger charge is 2.55. The first-order chi connectivity index (χ1) is 10.5. The fourth-order valence-electron chi connectivity index (χ4n) is 4.49. The zero-order chi connectivity index (χ0) is 17.3. The topological polar surface area (TPSA) is 9.72 Å². The van der Waals surface area contributed by atoms with Crippen LogP contribution in [0.15, 0.2) is 18.2 Å². The Morgan fingerprint density at radius 2 is 1.65 bits per heavy atom. The minimum Gasteiger partial charge on any atom is -0.386 e. The molecule has 2 aliphatic rings. The van der Waals surface area contributed by atoms with Gasteiger partial charge in [-0.2, -0.15) is 0 Å². The number of anilines is 1. The standard InChI is InChI=1S/C18H31B2N3/c1-17(2,3)13-10-11-14-15(12-13)23-16(18(14,4)5)21(8)19(6)22(9)20(23)7/h10-12,16H,1-9H3. The van der Waals surface area contributed by atoms with Crippen molar-refractivity contribution in [3.63, 3.8) is 0 Å². The highest BCUT2D eigenvalue weighted by molar-refractivity contribution is 6.74. The van der Waals surface area contributed by atoms with Gasteiger partial charge in [-0.1, -0.05) is 60.4 Å². The number of benzene rings is 1. The number of nitrogens with zero attached hydrogens (tertiary/aromatic N) is 3. The van der Waals surface area contributed by atoms with Crippen LogP contribution in [-0.4, -0.2) is 43.8 Å². The van der Waals surface area contributed by atoms with Gasteiger partial charge in [-0.15, -0.1) is 0 Å². The Balaban J connectivity index is 2.18. The van der Waals surface area contributed by atoms with Crippen molar-refractivity contribution in [1.82, 2.24) is 9.53 Å². The lowest BCUT2D eigenvalue weighted by molar-refractivity contribution is 0.258. The zero-order valence-corrected chi connectivity index (χ0v) is 16.3. The maximum Gasteiger partial charge on any atom is 0.330 e. The molecule has 23 heavy (non-hydrogen) atoms. The van der Waals surface area contributed by atoms with Crippen LogP contribution in [0.5, 0.6) is 0 Å². The Bertz CT molecular complexity index is 623. The summed E-state index contributed by atoms with van der Waals surface area (Å²) in [5.74, 6) is 0. The van der Waals surface area contributed by atoms with E-state index in [-0.39, 0.29) is 10.8 Å². The van der Waals surface area contributed by atoms with Crippen molar-refractivity contribution in [1.29, 1.82) is 0 Å². The minimum atomic E-state index is 0.129. The van der Waals surface area contributed by atoms with Crippen LogP contribution in [0.3, 0.4) is 0 Å². The zero-order valence-electron chi connectivity index (χ0n) is 16.3. The molecule has 2 aliphatic heterocycles. The van der Waals surface area contributed by atoms with Crippen LogP contribution in [0.25, 0.3) is 0 Å². The van der Waals surface area contributed by atoms with Crippen molar-refractivity contribution in [2.24, 2.45) is 0 Å². The third-order valence-corrected chi connectivity index (χ3v) is 6.30. The van der Waals surface area contributed by atoms with Crippen LogP contribution >= 0.6 is 0 Å². The molecule has 0 bridgehead atoms. The molecule has 0 aliphatic carbocycles. The Kier molecular flexibility index (Phi) is 3.70. The summed E-state index contributed by atoms with van der Waals surface area (Å²) < 4.78 is 2.46. The summed E-state index contributed by atoms with van der Waals surface area (Å²) in [6, 6.07) is 7.14. The van der Waals surface area contributed by atoms with Gasteiger partial charge in [-0.25, -0.2) is 0 Å². The molecular weight excluding hydrogens is 280 g/mol. The van der Waals surface area contributed by atoms with Crippen LogP contribution in [0, 0.1) is 0 Å². The SMILES string of the molecule is CB1N(C)B(C)N2c3cc(C(C)(C)C)ccc3C(C)(C)C2N1C. The van der Waals surface area contributed by atoms with Gasteiger partial charge < -0.3 is 14.3 Å². The van der Waals surface area contributed by atoms with Gasteiger partial charge >= 0.3 is 6.98 Å². The Morgan fingerprint density at radius 3 is 2.22 bits per heavy atom. The summed E-state index contributed by atoms with van der Waals surface area (Å²) in [6.45, 7) is 17.2. The highest BCUT2D eigenvalue weighted by Crippen LogP contribution is 2.49. The molecule has 1 fully saturated rings. The fourth-order valence-corrected chi connectivity index (χ4v) is 4.49. The third-order valence-electron chi connectivity index (χ3n) is 6.30. The van der Waals surface area contributed by atoms with Crippen LogP contribution in [0.1, 0.15) is 45.7 Å². The lowest BCUT2D eigenvalue weighted by Crippen LogP contribution is -2.73. The van der Waals surface area contributed by atoms with Crippen LogP contribution in [0.2, 0.25) is 13.6 Å². The van der Waals surface area contributed by atoms with Gasteiger partial charge in [0.05, 0.1) is 6.17 Å². The van der Waals surface area contributed by atoms with Gasteiger partial charge in [-0.05, 0) is 36.7 Å². The van der Waals surface area contributed by atoms with Gasteiger partial charge in [-0.3, -0.25) is 0 Å². The van der Waals surface area contributed by atoms with Crippen molar-refractivity contribution < 1.29 is 0 Å². The first-order valence-corrected chi connectivity index (χ1v) is 8.85. The van der Waals surface area contributed by atoms with E-state index in [1.807, 2.05) is 0 Å². The van der Waals surface area contributed by atoms with E-state index in [0.29, 0.717) is 20.1 Å². The Labute approximate surface area is 143 Å². The largest absolute Gasteiger partial charge is 0.386 e. The van der Waals surface area contributed by atoms with Crippen molar-refractivity contribution in [2.45, 2.75) is 65.3 Å². The van der Waals surface area contributed by atoms with E-state index in [0.717, 1.165) is 0 Å². The van der Waals surface area contributed by atoms with Crippen LogP contribution in [-0.2, 0) is 10.8 Å². The maximum atomic E-state index is 2.63. The van der Waals surface area contributed by atoms with Crippen LogP contribution in [0.4, 0.5) is 5.69 Å². The molecule has 0 N–H and O–H groups in total. The summed E-state index contributed by atoms with van der Waals surface area (Å²) in [6.07, 6.45) is 0.411. The van der Waals surface area contributed by atoms with E-state index in [9.17, 15) is 0 Å². The predicted octanol–water partition coefficient (Wildman–Crippen LogP) is 3.52. The first kappa shape index (κ1) is 16.9. The van der Waals surface area contributed by atoms with Crippen molar-refractivity contribution in [2.75, 3.05) is 18.9 Å². The summed E-state index contributed by atoms with van der Waals surface area (Å²) in [5.41, 5.74) is 4.64. The van der Waals surface area contributed by atoms with Crippen LogP contribution < -0.4 is 4.81 Å². The van der Waals surface area contributed by atoms with E-state index in [1.165, 1.54) is 16.8 Å². The summed E-state index contributed by atoms with van der Waals surface area (Å²) >= 11 is 0. The molecule has 2 heterocycles. The summed E-state index contributed by atoms with van der Waals surface area (Å²) in [7, 11) is 4.50. The lowest BCUT2D eigenvalue weighted by Gasteiger charge is -2.53. The highest BCUT2D eigenvalue weighted by atomic mass is 15.4. The molecule has 5 heteroatoms. The van der Waals surface area contributed by atoms with E-state index < -0.39 is 0 Å². The first-order valence-electron chi connectivity index (χ1n) is 8.85. The molecule has 0 aromatic heterocycles. The van der Waals surface area contributed by atoms with Gasteiger partial charge in [0, 0.05) is 11.1 Å². The van der Waals surface area contributed by atoms with E-state index in [1.54, 1.807) is 0 Å². The monoisotopic (exact) mass is 311 g/mol. The van der Waals surface area contributed by atoms with E-state index >= 15 is 0 Å². The van der Waals surface area contributed by atoms with Gasteiger partial charge in [0.15, 0.2) is 0 Å². The molecule has 0 amide bonds. The number of fused-ring (bicyclic) bond motifs is 3. The van der Waals surface area contributed by atoms with Gasteiger partial charge in [0.2, 0.25) is 0 Å². The quantitative estimate of drug-likeness (QED) is 0.679. The van der Waals surface area contributed by atoms with Crippen molar-refractivity contribution >= 4 is 19.7 Å². The summed E-state index contributed by atoms with van der Waals surface area (Å²) in [5, 5.41) is 0. The maximum absolute atomic E-state index is 2.63. The van der Waals surface area contributed by atoms with E-state index in [4.69, 9.17) is 0 Å². The molecule has 3 nitrogen and oxygen atoms in total. The average molecular weight is 311 g/mol. The van der Waals surface area contributed by atoms with Gasteiger partial charge in [0.25, 0.3) is 6.98 Å². The number of likely N-dealkylation sites (N-methyl/N-ethyl adjacent to an activating group) is 1. The Hall–Kier alpha value is -0.930. The smallest absolute Gasteiger partial charge is 0.330 e. The molecule has 3 rings (SSSR count). The van der Waals surface area contributed by atoms with E-state index in [2.05, 4.69) is 94.9 Å². The molecule has 0 radical (unpaired) electrons. The third kappa shape index (κ3) is 2.27. The fraction of sp³-hybridized carbons (Fsp3) is 0.667. The summed E-state index contributed by atoms with van der Waals surface area (Å²) in [4.78, 5) is 5.15. The molecule has 0 spiro atoms. The molecule has 1 aromatic rings. The molecule has 1 atom stereocenters. The second-order valence-electron chi connectivity index (χ2n) is 9.08. The molecule has 1 saturated heterocycles. The second kappa shape index (κ2) is 5.03. The average Bonchev–Trinajstić information content (AvgIpc) is 2.69. The molecule has 124 valence electrons. The molecular formula is C18H31B2N3. The normalized spacial score (nSPS) is 24.9. The van der Waals surface area contributed by atoms with Gasteiger partial charge in [0.1, 0.15) is 0 Å². The molecule has 0 saturated carbocycles. The molecule has 1 aromatic carbocycles. The van der Waals surface area contributed by atoms with Crippen molar-refractivity contribution in [3.8, 4) is 0 Å².